The third kappa shape index (κ3) is 2.02. The van der Waals surface area contributed by atoms with Crippen LogP contribution in [0.15, 0.2) is 30.3 Å². The van der Waals surface area contributed by atoms with Gasteiger partial charge in [0.25, 0.3) is 0 Å². The van der Waals surface area contributed by atoms with Gasteiger partial charge in [0, 0.05) is 5.75 Å². The van der Waals surface area contributed by atoms with Gasteiger partial charge >= 0.3 is 0 Å². The number of hydrogen-bond donors (Lipinski definition) is 1. The van der Waals surface area contributed by atoms with E-state index in [0.29, 0.717) is 5.37 Å². The molecule has 1 fully saturated rings. The summed E-state index contributed by atoms with van der Waals surface area (Å²) < 4.78 is 0. The lowest BCUT2D eigenvalue weighted by Crippen LogP contribution is -2.40. The van der Waals surface area contributed by atoms with Gasteiger partial charge in [-0.25, -0.2) is 0 Å². The van der Waals surface area contributed by atoms with Crippen LogP contribution in [0.25, 0.3) is 0 Å². The highest BCUT2D eigenvalue weighted by molar-refractivity contribution is 7.99. The molecule has 1 aliphatic heterocycles. The zero-order valence-corrected chi connectivity index (χ0v) is 7.81. The van der Waals surface area contributed by atoms with Gasteiger partial charge in [0.2, 0.25) is 0 Å². The Kier molecular flexibility index (Phi) is 2.69. The predicted octanol–water partition coefficient (Wildman–Crippen LogP) is 2.24. The maximum atomic E-state index is 3.38. The van der Waals surface area contributed by atoms with Gasteiger partial charge in [-0.2, -0.15) is 0 Å². The minimum absolute atomic E-state index is 0.713. The molecule has 1 aromatic rings. The van der Waals surface area contributed by atoms with Crippen LogP contribution in [0.5, 0.6) is 0 Å². The van der Waals surface area contributed by atoms with Crippen molar-refractivity contribution in [1.29, 1.82) is 0 Å². The molecule has 1 saturated heterocycles. The number of nitrogens with one attached hydrogen (secondary N) is 1. The van der Waals surface area contributed by atoms with E-state index in [4.69, 9.17) is 0 Å². The Labute approximate surface area is 77.6 Å². The monoisotopic (exact) mass is 179 g/mol. The minimum atomic E-state index is 0.713. The van der Waals surface area contributed by atoms with E-state index in [0.717, 1.165) is 5.75 Å². The van der Waals surface area contributed by atoms with E-state index in [1.807, 2.05) is 11.8 Å². The normalized spacial score (nSPS) is 21.8. The van der Waals surface area contributed by atoms with Crippen LogP contribution in [-0.4, -0.2) is 11.9 Å². The lowest BCUT2D eigenvalue weighted by atomic mass is 10.2. The first kappa shape index (κ1) is 8.14. The topological polar surface area (TPSA) is 12.0 Å². The standard InChI is InChI=1S/C10H13NS/c1-2-4-9(5-3-1)8-12-10-6-7-11-10/h1-5,10-11H,6-8H2. The van der Waals surface area contributed by atoms with E-state index in [1.165, 1.54) is 18.5 Å². The molecule has 0 saturated carbocycles. The van der Waals surface area contributed by atoms with Crippen molar-refractivity contribution in [2.24, 2.45) is 0 Å². The van der Waals surface area contributed by atoms with Gasteiger partial charge in [-0.1, -0.05) is 30.3 Å². The first-order valence-electron chi connectivity index (χ1n) is 4.34. The first-order valence-corrected chi connectivity index (χ1v) is 5.39. The van der Waals surface area contributed by atoms with E-state index in [9.17, 15) is 0 Å². The highest BCUT2D eigenvalue weighted by Crippen LogP contribution is 2.21. The minimum Gasteiger partial charge on any atom is -0.305 e. The van der Waals surface area contributed by atoms with Crippen LogP contribution >= 0.6 is 11.8 Å². The maximum absolute atomic E-state index is 3.38. The molecule has 2 heteroatoms. The summed E-state index contributed by atoms with van der Waals surface area (Å²) >= 11 is 2.01. The summed E-state index contributed by atoms with van der Waals surface area (Å²) in [4.78, 5) is 0. The lowest BCUT2D eigenvalue weighted by Gasteiger charge is -2.26. The summed E-state index contributed by atoms with van der Waals surface area (Å²) in [5, 5.41) is 4.09. The van der Waals surface area contributed by atoms with Crippen LogP contribution < -0.4 is 5.32 Å². The van der Waals surface area contributed by atoms with Gasteiger partial charge < -0.3 is 5.32 Å². The van der Waals surface area contributed by atoms with Gasteiger partial charge in [-0.05, 0) is 18.5 Å². The second-order valence-electron chi connectivity index (χ2n) is 3.03. The van der Waals surface area contributed by atoms with E-state index in [-0.39, 0.29) is 0 Å². The molecule has 0 bridgehead atoms. The molecule has 1 N–H and O–H groups in total. The van der Waals surface area contributed by atoms with E-state index < -0.39 is 0 Å². The molecule has 2 rings (SSSR count). The Morgan fingerprint density at radius 1 is 1.33 bits per heavy atom. The summed E-state index contributed by atoms with van der Waals surface area (Å²) in [6.07, 6.45) is 1.33. The fourth-order valence-electron chi connectivity index (χ4n) is 1.18. The molecule has 0 spiro atoms. The van der Waals surface area contributed by atoms with Crippen LogP contribution in [0.2, 0.25) is 0 Å². The largest absolute Gasteiger partial charge is 0.305 e. The quantitative estimate of drug-likeness (QED) is 0.763. The van der Waals surface area contributed by atoms with Gasteiger partial charge in [0.05, 0.1) is 5.37 Å². The lowest BCUT2D eigenvalue weighted by molar-refractivity contribution is 0.486. The molecular formula is C10H13NS. The molecule has 0 radical (unpaired) electrons. The average Bonchev–Trinajstić information content (AvgIpc) is 2.04. The van der Waals surface area contributed by atoms with Crippen LogP contribution in [0.1, 0.15) is 12.0 Å². The highest BCUT2D eigenvalue weighted by atomic mass is 32.2. The Morgan fingerprint density at radius 3 is 2.67 bits per heavy atom. The van der Waals surface area contributed by atoms with Crippen molar-refractivity contribution < 1.29 is 0 Å². The van der Waals surface area contributed by atoms with Crippen molar-refractivity contribution in [3.05, 3.63) is 35.9 Å². The van der Waals surface area contributed by atoms with E-state index >= 15 is 0 Å². The summed E-state index contributed by atoms with van der Waals surface area (Å²) in [6.45, 7) is 1.20. The Morgan fingerprint density at radius 2 is 2.08 bits per heavy atom. The second kappa shape index (κ2) is 3.97. The van der Waals surface area contributed by atoms with Crippen LogP contribution in [0, 0.1) is 0 Å². The van der Waals surface area contributed by atoms with Crippen molar-refractivity contribution in [1.82, 2.24) is 5.32 Å². The van der Waals surface area contributed by atoms with E-state index in [2.05, 4.69) is 35.6 Å². The molecule has 1 aliphatic rings. The van der Waals surface area contributed by atoms with Gasteiger partial charge in [0.15, 0.2) is 0 Å². The molecule has 1 unspecified atom stereocenters. The molecule has 0 aromatic heterocycles. The zero-order valence-electron chi connectivity index (χ0n) is 6.99. The molecule has 64 valence electrons. The SMILES string of the molecule is c1ccc(CSC2CCN2)cc1. The maximum Gasteiger partial charge on any atom is 0.0547 e. The highest BCUT2D eigenvalue weighted by Gasteiger charge is 2.15. The van der Waals surface area contributed by atoms with E-state index in [1.54, 1.807) is 0 Å². The summed E-state index contributed by atoms with van der Waals surface area (Å²) in [6, 6.07) is 10.6. The van der Waals surface area contributed by atoms with Crippen molar-refractivity contribution >= 4 is 11.8 Å². The summed E-state index contributed by atoms with van der Waals surface area (Å²) in [5.74, 6) is 1.14. The van der Waals surface area contributed by atoms with Crippen molar-refractivity contribution in [3.8, 4) is 0 Å². The number of thioether (sulfide) groups is 1. The third-order valence-electron chi connectivity index (χ3n) is 2.07. The molecule has 1 atom stereocenters. The van der Waals surface area contributed by atoms with Crippen molar-refractivity contribution in [2.45, 2.75) is 17.5 Å². The molecular weight excluding hydrogens is 166 g/mol. The number of benzene rings is 1. The van der Waals surface area contributed by atoms with Crippen molar-refractivity contribution in [3.63, 3.8) is 0 Å². The molecule has 0 amide bonds. The van der Waals surface area contributed by atoms with Gasteiger partial charge in [-0.15, -0.1) is 11.8 Å². The van der Waals surface area contributed by atoms with Crippen molar-refractivity contribution in [2.75, 3.05) is 6.54 Å². The first-order chi connectivity index (χ1) is 5.95. The van der Waals surface area contributed by atoms with Crippen LogP contribution in [-0.2, 0) is 5.75 Å². The number of hydrogen-bond acceptors (Lipinski definition) is 2. The van der Waals surface area contributed by atoms with Gasteiger partial charge in [-0.3, -0.25) is 0 Å². The second-order valence-corrected chi connectivity index (χ2v) is 4.22. The predicted molar refractivity (Wildman–Crippen MR) is 54.1 cm³/mol. The van der Waals surface area contributed by atoms with Gasteiger partial charge in [0.1, 0.15) is 0 Å². The zero-order chi connectivity index (χ0) is 8.23. The van der Waals surface area contributed by atoms with Crippen LogP contribution in [0.4, 0.5) is 0 Å². The average molecular weight is 179 g/mol. The fraction of sp³-hybridized carbons (Fsp3) is 0.400. The molecule has 1 heterocycles. The Bertz CT molecular complexity index is 231. The Hall–Kier alpha value is -0.470. The summed E-state index contributed by atoms with van der Waals surface area (Å²) in [5.41, 5.74) is 1.43. The molecule has 12 heavy (non-hydrogen) atoms. The van der Waals surface area contributed by atoms with Crippen LogP contribution in [0.3, 0.4) is 0 Å². The molecule has 1 aromatic carbocycles. The Balaban J connectivity index is 1.79. The summed E-state index contributed by atoms with van der Waals surface area (Å²) in [7, 11) is 0. The number of rotatable bonds is 3. The smallest absolute Gasteiger partial charge is 0.0547 e. The molecule has 0 aliphatic carbocycles. The third-order valence-corrected chi connectivity index (χ3v) is 3.38. The fourth-order valence-corrected chi connectivity index (χ4v) is 2.28. The molecule has 1 nitrogen and oxygen atoms in total.